The minimum atomic E-state index is 1.05. The van der Waals surface area contributed by atoms with Crippen molar-refractivity contribution in [2.45, 2.75) is 0 Å². The van der Waals surface area contributed by atoms with Crippen molar-refractivity contribution in [3.05, 3.63) is 131 Å². The fourth-order valence-corrected chi connectivity index (χ4v) is 5.22. The van der Waals surface area contributed by atoms with Gasteiger partial charge < -0.3 is 0 Å². The highest BCUT2D eigenvalue weighted by atomic mass is 14.1. The topological polar surface area (TPSA) is 0 Å². The van der Waals surface area contributed by atoms with Crippen LogP contribution < -0.4 is 10.4 Å². The first-order valence-electron chi connectivity index (χ1n) is 11.7. The molecule has 34 heavy (non-hydrogen) atoms. The zero-order valence-electron chi connectivity index (χ0n) is 18.8. The maximum Gasteiger partial charge on any atom is -0.00990 e. The third-order valence-corrected chi connectivity index (χ3v) is 7.01. The number of fused-ring (bicyclic) bond motifs is 6. The van der Waals surface area contributed by atoms with Gasteiger partial charge >= 0.3 is 0 Å². The molecule has 7 aromatic rings. The molecule has 0 saturated carbocycles. The van der Waals surface area contributed by atoms with Crippen LogP contribution >= 0.6 is 0 Å². The molecule has 0 aliphatic carbocycles. The normalized spacial score (nSPS) is 12.4. The lowest BCUT2D eigenvalue weighted by molar-refractivity contribution is 1.52. The third kappa shape index (κ3) is 3.08. The maximum absolute atomic E-state index is 4.16. The molecule has 0 atom stereocenters. The first kappa shape index (κ1) is 19.1. The fraction of sp³-hybridized carbons (Fsp3) is 0. The molecule has 0 N–H and O–H groups in total. The van der Waals surface area contributed by atoms with E-state index in [0.29, 0.717) is 0 Å². The van der Waals surface area contributed by atoms with E-state index in [1.54, 1.807) is 0 Å². The molecule has 0 radical (unpaired) electrons. The van der Waals surface area contributed by atoms with Crippen molar-refractivity contribution < 1.29 is 0 Å². The number of hydrogen-bond donors (Lipinski definition) is 0. The van der Waals surface area contributed by atoms with Gasteiger partial charge in [0.05, 0.1) is 0 Å². The van der Waals surface area contributed by atoms with Crippen molar-refractivity contribution in [3.8, 4) is 0 Å². The molecule has 0 unspecified atom stereocenters. The standard InChI is InChI=1S/C34H22/c1-22-6-2-3-7-24(22)14-23-10-13-33-27(15-23)11-12-28-18-31-19-29-16-25-8-4-5-9-26(25)17-30(29)20-32(31)21-34(28)33/h2-21H,1H2/b24-14-. The van der Waals surface area contributed by atoms with Crippen LogP contribution in [0.2, 0.25) is 0 Å². The van der Waals surface area contributed by atoms with Crippen LogP contribution in [0.5, 0.6) is 0 Å². The van der Waals surface area contributed by atoms with Gasteiger partial charge in [0.2, 0.25) is 0 Å². The van der Waals surface area contributed by atoms with Gasteiger partial charge in [-0.05, 0) is 118 Å². The second-order valence-corrected chi connectivity index (χ2v) is 9.21. The van der Waals surface area contributed by atoms with Crippen molar-refractivity contribution in [1.82, 2.24) is 0 Å². The molecule has 0 amide bonds. The molecule has 158 valence electrons. The molecular formula is C34H22. The predicted octanol–water partition coefficient (Wildman–Crippen LogP) is 7.69. The van der Waals surface area contributed by atoms with E-state index in [-0.39, 0.29) is 0 Å². The second-order valence-electron chi connectivity index (χ2n) is 9.21. The Labute approximate surface area is 197 Å². The van der Waals surface area contributed by atoms with E-state index in [0.717, 1.165) is 10.4 Å². The van der Waals surface area contributed by atoms with Gasteiger partial charge in [0.25, 0.3) is 0 Å². The minimum Gasteiger partial charge on any atom is -0.0912 e. The Bertz CT molecular complexity index is 2030. The summed E-state index contributed by atoms with van der Waals surface area (Å²) in [5.74, 6) is 0. The summed E-state index contributed by atoms with van der Waals surface area (Å²) < 4.78 is 0. The highest BCUT2D eigenvalue weighted by molar-refractivity contribution is 6.14. The van der Waals surface area contributed by atoms with Crippen LogP contribution in [0.4, 0.5) is 0 Å². The molecule has 0 spiro atoms. The van der Waals surface area contributed by atoms with Crippen LogP contribution in [-0.2, 0) is 0 Å². The molecule has 0 saturated heterocycles. The van der Waals surface area contributed by atoms with Gasteiger partial charge in [-0.1, -0.05) is 79.4 Å². The van der Waals surface area contributed by atoms with E-state index in [2.05, 4.69) is 122 Å². The molecule has 7 aromatic carbocycles. The van der Waals surface area contributed by atoms with Crippen molar-refractivity contribution in [1.29, 1.82) is 0 Å². The smallest absolute Gasteiger partial charge is 0.00990 e. The molecule has 0 aromatic heterocycles. The summed E-state index contributed by atoms with van der Waals surface area (Å²) in [5.41, 5.74) is 1.20. The quantitative estimate of drug-likeness (QED) is 0.185. The van der Waals surface area contributed by atoms with E-state index >= 15 is 0 Å². The van der Waals surface area contributed by atoms with Crippen LogP contribution in [-0.4, -0.2) is 0 Å². The molecule has 0 aliphatic heterocycles. The summed E-state index contributed by atoms with van der Waals surface area (Å²) in [6.45, 7) is 4.16. The van der Waals surface area contributed by atoms with Crippen molar-refractivity contribution >= 4 is 66.5 Å². The molecule has 0 aliphatic rings. The molecular weight excluding hydrogens is 408 g/mol. The summed E-state index contributed by atoms with van der Waals surface area (Å²) in [4.78, 5) is 0. The second kappa shape index (κ2) is 7.30. The molecule has 0 nitrogen and oxygen atoms in total. The summed E-state index contributed by atoms with van der Waals surface area (Å²) >= 11 is 0. The van der Waals surface area contributed by atoms with Gasteiger partial charge in [-0.25, -0.2) is 0 Å². The molecule has 0 fully saturated rings. The SMILES string of the molecule is C=c1cccc/c1=C/c1ccc2c(ccc3cc4cc5cc6ccccc6cc5cc4cc32)c1. The average molecular weight is 431 g/mol. The number of hydrogen-bond acceptors (Lipinski definition) is 0. The zero-order chi connectivity index (χ0) is 22.6. The Balaban J connectivity index is 1.45. The van der Waals surface area contributed by atoms with Crippen LogP contribution in [0.3, 0.4) is 0 Å². The van der Waals surface area contributed by atoms with E-state index in [1.807, 2.05) is 6.07 Å². The van der Waals surface area contributed by atoms with Crippen LogP contribution in [0.25, 0.3) is 66.5 Å². The van der Waals surface area contributed by atoms with Gasteiger partial charge in [-0.2, -0.15) is 0 Å². The van der Waals surface area contributed by atoms with Crippen LogP contribution in [0, 0.1) is 0 Å². The maximum atomic E-state index is 4.16. The lowest BCUT2D eigenvalue weighted by Gasteiger charge is -2.09. The van der Waals surface area contributed by atoms with Gasteiger partial charge in [0, 0.05) is 0 Å². The Hall–Kier alpha value is -4.42. The van der Waals surface area contributed by atoms with Crippen molar-refractivity contribution in [2.24, 2.45) is 0 Å². The number of rotatable bonds is 1. The lowest BCUT2D eigenvalue weighted by atomic mass is 9.94. The van der Waals surface area contributed by atoms with Crippen LogP contribution in [0.1, 0.15) is 5.56 Å². The summed E-state index contributed by atoms with van der Waals surface area (Å²) in [5, 5.41) is 15.0. The molecule has 0 heteroatoms. The summed E-state index contributed by atoms with van der Waals surface area (Å²) in [6.07, 6.45) is 2.21. The van der Waals surface area contributed by atoms with Gasteiger partial charge in [0.15, 0.2) is 0 Å². The van der Waals surface area contributed by atoms with Crippen LogP contribution in [0.15, 0.2) is 115 Å². The first-order valence-corrected chi connectivity index (χ1v) is 11.7. The molecule has 0 heterocycles. The number of benzene rings is 7. The first-order chi connectivity index (χ1) is 16.7. The zero-order valence-corrected chi connectivity index (χ0v) is 18.8. The van der Waals surface area contributed by atoms with Crippen molar-refractivity contribution in [2.75, 3.05) is 0 Å². The molecule has 0 bridgehead atoms. The summed E-state index contributed by atoms with van der Waals surface area (Å²) in [6, 6.07) is 42.1. The fourth-order valence-electron chi connectivity index (χ4n) is 5.22. The Morgan fingerprint density at radius 1 is 0.412 bits per heavy atom. The molecule has 7 rings (SSSR count). The highest BCUT2D eigenvalue weighted by Crippen LogP contribution is 2.33. The van der Waals surface area contributed by atoms with E-state index < -0.39 is 0 Å². The van der Waals surface area contributed by atoms with Gasteiger partial charge in [0.1, 0.15) is 0 Å². The van der Waals surface area contributed by atoms with Gasteiger partial charge in [-0.15, -0.1) is 0 Å². The van der Waals surface area contributed by atoms with E-state index in [1.165, 1.54) is 59.4 Å². The predicted molar refractivity (Wildman–Crippen MR) is 149 cm³/mol. The lowest BCUT2D eigenvalue weighted by Crippen LogP contribution is -2.21. The van der Waals surface area contributed by atoms with Gasteiger partial charge in [-0.3, -0.25) is 0 Å². The Kier molecular flexibility index (Phi) is 4.10. The highest BCUT2D eigenvalue weighted by Gasteiger charge is 2.06. The minimum absolute atomic E-state index is 1.05. The monoisotopic (exact) mass is 430 g/mol. The van der Waals surface area contributed by atoms with Crippen molar-refractivity contribution in [3.63, 3.8) is 0 Å². The average Bonchev–Trinajstić information content (AvgIpc) is 2.86. The Morgan fingerprint density at radius 2 is 0.971 bits per heavy atom. The van der Waals surface area contributed by atoms with E-state index in [9.17, 15) is 0 Å². The van der Waals surface area contributed by atoms with E-state index in [4.69, 9.17) is 0 Å². The summed E-state index contributed by atoms with van der Waals surface area (Å²) in [7, 11) is 0. The Morgan fingerprint density at radius 3 is 1.68 bits per heavy atom. The third-order valence-electron chi connectivity index (χ3n) is 7.01. The largest absolute Gasteiger partial charge is 0.0912 e.